The predicted molar refractivity (Wildman–Crippen MR) is 68.9 cm³/mol. The molecule has 2 nitrogen and oxygen atoms in total. The number of hydrogen-bond acceptors (Lipinski definition) is 2. The van der Waals surface area contributed by atoms with E-state index in [1.54, 1.807) is 6.07 Å². The molecule has 1 aromatic heterocycles. The monoisotopic (exact) mass is 312 g/mol. The molecule has 1 atom stereocenters. The largest absolute Gasteiger partial charge is 0.322 e. The number of halogens is 3. The van der Waals surface area contributed by atoms with E-state index in [1.165, 1.54) is 24.3 Å². The number of pyridine rings is 1. The van der Waals surface area contributed by atoms with Crippen LogP contribution in [-0.4, -0.2) is 4.98 Å². The van der Waals surface area contributed by atoms with Crippen LogP contribution in [0.3, 0.4) is 0 Å². The van der Waals surface area contributed by atoms with Gasteiger partial charge in [0.05, 0.1) is 17.9 Å². The van der Waals surface area contributed by atoms with Crippen LogP contribution in [0.2, 0.25) is 0 Å². The third-order valence-electron chi connectivity index (χ3n) is 2.58. The Morgan fingerprint density at radius 1 is 1.17 bits per heavy atom. The molecule has 0 amide bonds. The van der Waals surface area contributed by atoms with Crippen molar-refractivity contribution in [3.63, 3.8) is 0 Å². The average Bonchev–Trinajstić information content (AvgIpc) is 2.34. The van der Waals surface area contributed by atoms with Crippen molar-refractivity contribution in [3.8, 4) is 0 Å². The number of nitrogens with two attached hydrogens (primary N) is 1. The molecule has 2 aromatic rings. The molecule has 0 radical (unpaired) electrons. The molecule has 18 heavy (non-hydrogen) atoms. The summed E-state index contributed by atoms with van der Waals surface area (Å²) < 4.78 is 26.7. The molecule has 0 bridgehead atoms. The molecule has 2 rings (SSSR count). The van der Waals surface area contributed by atoms with Crippen molar-refractivity contribution in [1.82, 2.24) is 4.98 Å². The van der Waals surface area contributed by atoms with E-state index < -0.39 is 11.9 Å². The van der Waals surface area contributed by atoms with Crippen LogP contribution in [-0.2, 0) is 6.42 Å². The van der Waals surface area contributed by atoms with Crippen molar-refractivity contribution in [2.75, 3.05) is 0 Å². The smallest absolute Gasteiger partial charge is 0.141 e. The van der Waals surface area contributed by atoms with Crippen LogP contribution >= 0.6 is 15.9 Å². The first-order valence-corrected chi connectivity index (χ1v) is 6.16. The summed E-state index contributed by atoms with van der Waals surface area (Å²) >= 11 is 3.34. The maximum Gasteiger partial charge on any atom is 0.141 e. The second-order valence-corrected chi connectivity index (χ2v) is 4.80. The highest BCUT2D eigenvalue weighted by molar-refractivity contribution is 9.10. The van der Waals surface area contributed by atoms with E-state index in [-0.39, 0.29) is 5.82 Å². The van der Waals surface area contributed by atoms with Crippen molar-refractivity contribution >= 4 is 15.9 Å². The normalized spacial score (nSPS) is 12.4. The Hall–Kier alpha value is -1.33. The molecule has 1 heterocycles. The minimum atomic E-state index is -0.405. The van der Waals surface area contributed by atoms with Gasteiger partial charge in [-0.05, 0) is 42.3 Å². The molecule has 0 saturated heterocycles. The fraction of sp³-hybridized carbons (Fsp3) is 0.154. The third kappa shape index (κ3) is 3.11. The highest BCUT2D eigenvalue weighted by Gasteiger charge is 2.11. The summed E-state index contributed by atoms with van der Waals surface area (Å²) in [5.74, 6) is -0.717. The van der Waals surface area contributed by atoms with Gasteiger partial charge in [-0.2, -0.15) is 0 Å². The Bertz CT molecular complexity index is 543. The quantitative estimate of drug-likeness (QED) is 0.943. The first-order chi connectivity index (χ1) is 8.56. The molecule has 0 spiro atoms. The molecule has 0 aliphatic carbocycles. The molecule has 0 fully saturated rings. The second-order valence-electron chi connectivity index (χ2n) is 3.95. The summed E-state index contributed by atoms with van der Waals surface area (Å²) in [6, 6.07) is 6.87. The number of benzene rings is 1. The lowest BCUT2D eigenvalue weighted by atomic mass is 10.0. The van der Waals surface area contributed by atoms with Crippen molar-refractivity contribution in [1.29, 1.82) is 0 Å². The maximum atomic E-state index is 13.1. The minimum absolute atomic E-state index is 0.313. The SMILES string of the molecule is NC(Cc1cc(F)ccc1Br)c1ccc(F)cn1. The zero-order valence-electron chi connectivity index (χ0n) is 9.41. The fourth-order valence-electron chi connectivity index (χ4n) is 1.65. The standard InChI is InChI=1S/C13H11BrF2N2/c14-11-3-1-9(15)5-8(11)6-12(17)13-4-2-10(16)7-18-13/h1-5,7,12H,6,17H2. The highest BCUT2D eigenvalue weighted by atomic mass is 79.9. The molecule has 0 aliphatic heterocycles. The van der Waals surface area contributed by atoms with Crippen LogP contribution in [0.25, 0.3) is 0 Å². The fourth-order valence-corrected chi connectivity index (χ4v) is 2.06. The van der Waals surface area contributed by atoms with E-state index in [2.05, 4.69) is 20.9 Å². The van der Waals surface area contributed by atoms with Gasteiger partial charge in [0.1, 0.15) is 11.6 Å². The molecule has 2 N–H and O–H groups in total. The molecule has 5 heteroatoms. The Morgan fingerprint density at radius 3 is 2.56 bits per heavy atom. The van der Waals surface area contributed by atoms with Gasteiger partial charge >= 0.3 is 0 Å². The van der Waals surface area contributed by atoms with Crippen molar-refractivity contribution in [3.05, 3.63) is 63.9 Å². The number of hydrogen-bond donors (Lipinski definition) is 1. The van der Waals surface area contributed by atoms with Crippen LogP contribution in [0.15, 0.2) is 41.0 Å². The zero-order chi connectivity index (χ0) is 13.1. The van der Waals surface area contributed by atoms with Gasteiger partial charge in [0.2, 0.25) is 0 Å². The second kappa shape index (κ2) is 5.54. The van der Waals surface area contributed by atoms with Crippen LogP contribution in [0.1, 0.15) is 17.3 Å². The Morgan fingerprint density at radius 2 is 1.89 bits per heavy atom. The predicted octanol–water partition coefficient (Wildman–Crippen LogP) is 3.36. The maximum absolute atomic E-state index is 13.1. The van der Waals surface area contributed by atoms with E-state index in [9.17, 15) is 8.78 Å². The van der Waals surface area contributed by atoms with Gasteiger partial charge in [0, 0.05) is 4.47 Å². The topological polar surface area (TPSA) is 38.9 Å². The third-order valence-corrected chi connectivity index (χ3v) is 3.35. The molecule has 1 unspecified atom stereocenters. The summed E-state index contributed by atoms with van der Waals surface area (Å²) in [4.78, 5) is 3.92. The summed E-state index contributed by atoms with van der Waals surface area (Å²) in [6.45, 7) is 0. The number of nitrogens with zero attached hydrogens (tertiary/aromatic N) is 1. The summed E-state index contributed by atoms with van der Waals surface area (Å²) in [7, 11) is 0. The van der Waals surface area contributed by atoms with Gasteiger partial charge < -0.3 is 5.73 Å². The highest BCUT2D eigenvalue weighted by Crippen LogP contribution is 2.22. The summed E-state index contributed by atoms with van der Waals surface area (Å²) in [5.41, 5.74) is 7.30. The lowest BCUT2D eigenvalue weighted by molar-refractivity contribution is 0.609. The van der Waals surface area contributed by atoms with Crippen LogP contribution in [0, 0.1) is 11.6 Å². The van der Waals surface area contributed by atoms with Crippen LogP contribution in [0.5, 0.6) is 0 Å². The van der Waals surface area contributed by atoms with E-state index in [1.807, 2.05) is 0 Å². The molecular formula is C13H11BrF2N2. The molecule has 0 saturated carbocycles. The van der Waals surface area contributed by atoms with Crippen LogP contribution in [0.4, 0.5) is 8.78 Å². The molecule has 94 valence electrons. The molecule has 0 aliphatic rings. The number of aromatic nitrogens is 1. The number of rotatable bonds is 3. The zero-order valence-corrected chi connectivity index (χ0v) is 11.0. The summed E-state index contributed by atoms with van der Waals surface area (Å²) in [6.07, 6.45) is 1.55. The van der Waals surface area contributed by atoms with Gasteiger partial charge in [0.15, 0.2) is 0 Å². The minimum Gasteiger partial charge on any atom is -0.322 e. The van der Waals surface area contributed by atoms with Crippen molar-refractivity contribution < 1.29 is 8.78 Å². The van der Waals surface area contributed by atoms with Crippen molar-refractivity contribution in [2.24, 2.45) is 5.73 Å². The van der Waals surface area contributed by atoms with Crippen LogP contribution < -0.4 is 5.73 Å². The van der Waals surface area contributed by atoms with E-state index >= 15 is 0 Å². The first kappa shape index (κ1) is 13.1. The molecular weight excluding hydrogens is 302 g/mol. The first-order valence-electron chi connectivity index (χ1n) is 5.37. The Balaban J connectivity index is 2.18. The Labute approximate surface area is 112 Å². The van der Waals surface area contributed by atoms with E-state index in [0.717, 1.165) is 16.2 Å². The molecule has 1 aromatic carbocycles. The van der Waals surface area contributed by atoms with E-state index in [4.69, 9.17) is 5.73 Å². The lowest BCUT2D eigenvalue weighted by Crippen LogP contribution is -2.15. The average molecular weight is 313 g/mol. The Kier molecular flexibility index (Phi) is 4.04. The summed E-state index contributed by atoms with van der Waals surface area (Å²) in [5, 5.41) is 0. The van der Waals surface area contributed by atoms with Crippen molar-refractivity contribution in [2.45, 2.75) is 12.5 Å². The van der Waals surface area contributed by atoms with Gasteiger partial charge in [-0.15, -0.1) is 0 Å². The van der Waals surface area contributed by atoms with Gasteiger partial charge in [-0.3, -0.25) is 4.98 Å². The van der Waals surface area contributed by atoms with Gasteiger partial charge in [-0.25, -0.2) is 8.78 Å². The van der Waals surface area contributed by atoms with Gasteiger partial charge in [0.25, 0.3) is 0 Å². The lowest BCUT2D eigenvalue weighted by Gasteiger charge is -2.12. The van der Waals surface area contributed by atoms with Gasteiger partial charge in [-0.1, -0.05) is 15.9 Å². The van der Waals surface area contributed by atoms with E-state index in [0.29, 0.717) is 12.1 Å².